The number of nitrogens with one attached hydrogen (secondary N) is 2. The zero-order valence-electron chi connectivity index (χ0n) is 24.3. The Hall–Kier alpha value is -2.57. The number of carbonyl (C=O) groups is 3. The number of hydrogen-bond donors (Lipinski definition) is 2. The molecule has 204 valence electrons. The van der Waals surface area contributed by atoms with Crippen molar-refractivity contribution in [3.05, 3.63) is 35.4 Å². The lowest BCUT2D eigenvalue weighted by Gasteiger charge is -2.39. The number of nitrogens with zero attached hydrogens (tertiary/aromatic N) is 1. The standard InChI is InChI=1S/C29H49N3O4/c1-12-22-15-17-23(18-16-22)24(25(33)31-28(6,7)8)32(20(4)14-13-19(2)3)26(34)21(5)30-27(35)36-29(9,10)11/h15-21,24H,12-14H2,1-11H3,(H,30,35)(H,31,33). The van der Waals surface area contributed by atoms with Crippen molar-refractivity contribution < 1.29 is 19.1 Å². The van der Waals surface area contributed by atoms with Gasteiger partial charge in [-0.05, 0) is 91.7 Å². The van der Waals surface area contributed by atoms with Crippen molar-refractivity contribution in [2.75, 3.05) is 0 Å². The molecule has 0 bridgehead atoms. The second-order valence-electron chi connectivity index (χ2n) is 12.2. The topological polar surface area (TPSA) is 87.7 Å². The van der Waals surface area contributed by atoms with Crippen molar-refractivity contribution >= 4 is 17.9 Å². The van der Waals surface area contributed by atoms with Gasteiger partial charge in [0, 0.05) is 11.6 Å². The third-order valence-corrected chi connectivity index (χ3v) is 5.72. The Morgan fingerprint density at radius 2 is 1.47 bits per heavy atom. The predicted octanol–water partition coefficient (Wildman–Crippen LogP) is 5.77. The molecular weight excluding hydrogens is 454 g/mol. The number of carbonyl (C=O) groups excluding carboxylic acids is 3. The molecule has 0 spiro atoms. The number of aryl methyl sites for hydroxylation is 1. The minimum Gasteiger partial charge on any atom is -0.444 e. The van der Waals surface area contributed by atoms with Crippen LogP contribution in [0.5, 0.6) is 0 Å². The van der Waals surface area contributed by atoms with E-state index in [0.717, 1.165) is 30.4 Å². The van der Waals surface area contributed by atoms with Gasteiger partial charge in [-0.3, -0.25) is 9.59 Å². The monoisotopic (exact) mass is 503 g/mol. The molecular formula is C29H49N3O4. The molecule has 0 heterocycles. The predicted molar refractivity (Wildman–Crippen MR) is 146 cm³/mol. The fourth-order valence-electron chi connectivity index (χ4n) is 3.89. The highest BCUT2D eigenvalue weighted by atomic mass is 16.6. The van der Waals surface area contributed by atoms with Crippen LogP contribution in [0.2, 0.25) is 0 Å². The first-order valence-corrected chi connectivity index (χ1v) is 13.2. The van der Waals surface area contributed by atoms with Crippen LogP contribution in [0, 0.1) is 5.92 Å². The summed E-state index contributed by atoms with van der Waals surface area (Å²) < 4.78 is 5.36. The lowest BCUT2D eigenvalue weighted by molar-refractivity contribution is -0.145. The van der Waals surface area contributed by atoms with Crippen LogP contribution in [-0.2, 0) is 20.7 Å². The zero-order valence-corrected chi connectivity index (χ0v) is 24.3. The van der Waals surface area contributed by atoms with Crippen molar-refractivity contribution in [1.82, 2.24) is 15.5 Å². The van der Waals surface area contributed by atoms with Gasteiger partial charge in [0.1, 0.15) is 17.7 Å². The van der Waals surface area contributed by atoms with Gasteiger partial charge in [-0.1, -0.05) is 45.0 Å². The molecule has 3 unspecified atom stereocenters. The molecule has 36 heavy (non-hydrogen) atoms. The van der Waals surface area contributed by atoms with Gasteiger partial charge in [-0.15, -0.1) is 0 Å². The van der Waals surface area contributed by atoms with Gasteiger partial charge < -0.3 is 20.3 Å². The van der Waals surface area contributed by atoms with E-state index in [2.05, 4.69) is 31.4 Å². The average Bonchev–Trinajstić information content (AvgIpc) is 2.72. The number of amides is 3. The smallest absolute Gasteiger partial charge is 0.408 e. The maximum Gasteiger partial charge on any atom is 0.408 e. The highest BCUT2D eigenvalue weighted by Crippen LogP contribution is 2.28. The number of alkyl carbamates (subject to hydrolysis) is 1. The van der Waals surface area contributed by atoms with Crippen LogP contribution in [-0.4, -0.2) is 46.0 Å². The molecule has 3 atom stereocenters. The molecule has 0 saturated carbocycles. The van der Waals surface area contributed by atoms with E-state index in [1.165, 1.54) is 0 Å². The second kappa shape index (κ2) is 13.1. The minimum absolute atomic E-state index is 0.232. The Labute approximate surface area is 218 Å². The van der Waals surface area contributed by atoms with E-state index in [4.69, 9.17) is 4.74 Å². The SMILES string of the molecule is CCc1ccc(C(C(=O)NC(C)(C)C)N(C(=O)C(C)NC(=O)OC(C)(C)C)C(C)CCC(C)C)cc1. The fourth-order valence-corrected chi connectivity index (χ4v) is 3.89. The average molecular weight is 504 g/mol. The molecule has 0 aliphatic carbocycles. The molecule has 0 radical (unpaired) electrons. The second-order valence-corrected chi connectivity index (χ2v) is 12.2. The molecule has 0 aliphatic heterocycles. The molecule has 1 aromatic carbocycles. The summed E-state index contributed by atoms with van der Waals surface area (Å²) in [7, 11) is 0. The van der Waals surface area contributed by atoms with E-state index >= 15 is 0 Å². The summed E-state index contributed by atoms with van der Waals surface area (Å²) >= 11 is 0. The summed E-state index contributed by atoms with van der Waals surface area (Å²) in [5.41, 5.74) is 0.727. The van der Waals surface area contributed by atoms with Gasteiger partial charge in [0.05, 0.1) is 0 Å². The van der Waals surface area contributed by atoms with Crippen LogP contribution in [0.25, 0.3) is 0 Å². The van der Waals surface area contributed by atoms with Crippen LogP contribution in [0.15, 0.2) is 24.3 Å². The van der Waals surface area contributed by atoms with E-state index in [0.29, 0.717) is 5.92 Å². The summed E-state index contributed by atoms with van der Waals surface area (Å²) in [5.74, 6) is -0.126. The molecule has 0 saturated heterocycles. The first-order valence-electron chi connectivity index (χ1n) is 13.2. The van der Waals surface area contributed by atoms with E-state index in [1.54, 1.807) is 32.6 Å². The lowest BCUT2D eigenvalue weighted by atomic mass is 9.95. The van der Waals surface area contributed by atoms with Gasteiger partial charge in [0.15, 0.2) is 0 Å². The van der Waals surface area contributed by atoms with Gasteiger partial charge >= 0.3 is 6.09 Å². The van der Waals surface area contributed by atoms with Crippen molar-refractivity contribution in [1.29, 1.82) is 0 Å². The van der Waals surface area contributed by atoms with E-state index in [9.17, 15) is 14.4 Å². The molecule has 7 nitrogen and oxygen atoms in total. The van der Waals surface area contributed by atoms with Crippen molar-refractivity contribution in [3.8, 4) is 0 Å². The quantitative estimate of drug-likeness (QED) is 0.424. The number of hydrogen-bond acceptors (Lipinski definition) is 4. The molecule has 1 aromatic rings. The molecule has 1 rings (SSSR count). The van der Waals surface area contributed by atoms with E-state index in [-0.39, 0.29) is 17.9 Å². The van der Waals surface area contributed by atoms with Gasteiger partial charge in [0.2, 0.25) is 11.8 Å². The van der Waals surface area contributed by atoms with Crippen LogP contribution in [0.1, 0.15) is 106 Å². The maximum absolute atomic E-state index is 13.9. The molecule has 0 aliphatic rings. The normalized spacial score (nSPS) is 14.6. The van der Waals surface area contributed by atoms with Crippen LogP contribution in [0.4, 0.5) is 4.79 Å². The Bertz CT molecular complexity index is 866. The molecule has 0 fully saturated rings. The fraction of sp³-hybridized carbons (Fsp3) is 0.690. The Kier molecular flexibility index (Phi) is 11.5. The van der Waals surface area contributed by atoms with Crippen molar-refractivity contribution in [2.24, 2.45) is 5.92 Å². The van der Waals surface area contributed by atoms with Crippen molar-refractivity contribution in [2.45, 2.75) is 125 Å². The molecule has 0 aromatic heterocycles. The molecule has 2 N–H and O–H groups in total. The lowest BCUT2D eigenvalue weighted by Crippen LogP contribution is -2.56. The summed E-state index contributed by atoms with van der Waals surface area (Å²) in [4.78, 5) is 41.7. The van der Waals surface area contributed by atoms with Crippen LogP contribution < -0.4 is 10.6 Å². The third-order valence-electron chi connectivity index (χ3n) is 5.72. The van der Waals surface area contributed by atoms with Crippen LogP contribution >= 0.6 is 0 Å². The molecule has 7 heteroatoms. The van der Waals surface area contributed by atoms with Gasteiger partial charge in [0.25, 0.3) is 0 Å². The Balaban J connectivity index is 3.49. The zero-order chi connectivity index (χ0) is 27.8. The number of benzene rings is 1. The number of rotatable bonds is 10. The number of ether oxygens (including phenoxy) is 1. The van der Waals surface area contributed by atoms with Gasteiger partial charge in [-0.25, -0.2) is 4.79 Å². The summed E-state index contributed by atoms with van der Waals surface area (Å²) in [6.07, 6.45) is 1.85. The largest absolute Gasteiger partial charge is 0.444 e. The first-order chi connectivity index (χ1) is 16.4. The third kappa shape index (κ3) is 10.6. The van der Waals surface area contributed by atoms with Gasteiger partial charge in [-0.2, -0.15) is 0 Å². The van der Waals surface area contributed by atoms with Crippen molar-refractivity contribution in [3.63, 3.8) is 0 Å². The molecule has 3 amide bonds. The van der Waals surface area contributed by atoms with E-state index < -0.39 is 29.3 Å². The maximum atomic E-state index is 13.9. The first kappa shape index (κ1) is 31.5. The summed E-state index contributed by atoms with van der Waals surface area (Å²) in [6, 6.07) is 5.89. The highest BCUT2D eigenvalue weighted by Gasteiger charge is 2.38. The Morgan fingerprint density at radius 3 is 1.92 bits per heavy atom. The van der Waals surface area contributed by atoms with Crippen LogP contribution in [0.3, 0.4) is 0 Å². The summed E-state index contributed by atoms with van der Waals surface area (Å²) in [6.45, 7) is 21.0. The Morgan fingerprint density at radius 1 is 0.917 bits per heavy atom. The minimum atomic E-state index is -0.874. The van der Waals surface area contributed by atoms with E-state index in [1.807, 2.05) is 52.0 Å². The highest BCUT2D eigenvalue weighted by molar-refractivity contribution is 5.92. The summed E-state index contributed by atoms with van der Waals surface area (Å²) in [5, 5.41) is 5.73.